The van der Waals surface area contributed by atoms with Crippen molar-refractivity contribution in [1.82, 2.24) is 0 Å². The second-order valence-corrected chi connectivity index (χ2v) is 3.86. The second kappa shape index (κ2) is 3.55. The fourth-order valence-electron chi connectivity index (χ4n) is 1.34. The molecule has 3 nitrogen and oxygen atoms in total. The SMILES string of the molecule is NCC1COc2c(Br)cccc2N1. The minimum Gasteiger partial charge on any atom is -0.488 e. The van der Waals surface area contributed by atoms with Gasteiger partial charge in [-0.3, -0.25) is 0 Å². The van der Waals surface area contributed by atoms with Gasteiger partial charge in [0.1, 0.15) is 6.61 Å². The highest BCUT2D eigenvalue weighted by Crippen LogP contribution is 2.35. The molecule has 1 heterocycles. The molecule has 0 aliphatic carbocycles. The molecule has 4 heteroatoms. The van der Waals surface area contributed by atoms with Gasteiger partial charge in [-0.05, 0) is 28.1 Å². The first-order valence-electron chi connectivity index (χ1n) is 4.19. The molecular weight excluding hydrogens is 232 g/mol. The highest BCUT2D eigenvalue weighted by atomic mass is 79.9. The Labute approximate surface area is 85.4 Å². The summed E-state index contributed by atoms with van der Waals surface area (Å²) in [7, 11) is 0. The van der Waals surface area contributed by atoms with E-state index in [1.54, 1.807) is 0 Å². The molecule has 1 aromatic carbocycles. The number of hydrogen-bond acceptors (Lipinski definition) is 3. The maximum Gasteiger partial charge on any atom is 0.156 e. The largest absolute Gasteiger partial charge is 0.488 e. The Morgan fingerprint density at radius 3 is 3.23 bits per heavy atom. The van der Waals surface area contributed by atoms with E-state index in [9.17, 15) is 0 Å². The van der Waals surface area contributed by atoms with E-state index in [0.717, 1.165) is 15.9 Å². The quantitative estimate of drug-likeness (QED) is 0.787. The first-order chi connectivity index (χ1) is 6.31. The van der Waals surface area contributed by atoms with Crippen LogP contribution < -0.4 is 15.8 Å². The summed E-state index contributed by atoms with van der Waals surface area (Å²) in [6.45, 7) is 1.22. The van der Waals surface area contributed by atoms with Crippen LogP contribution in [0.2, 0.25) is 0 Å². The Kier molecular flexibility index (Phi) is 2.42. The number of rotatable bonds is 1. The molecule has 1 aromatic rings. The molecule has 3 N–H and O–H groups in total. The maximum atomic E-state index is 5.57. The molecule has 1 aliphatic rings. The molecule has 70 valence electrons. The zero-order chi connectivity index (χ0) is 9.26. The van der Waals surface area contributed by atoms with E-state index in [4.69, 9.17) is 10.5 Å². The van der Waals surface area contributed by atoms with Gasteiger partial charge in [0.05, 0.1) is 16.2 Å². The first-order valence-corrected chi connectivity index (χ1v) is 4.98. The van der Waals surface area contributed by atoms with Crippen molar-refractivity contribution in [2.45, 2.75) is 6.04 Å². The Bertz CT molecular complexity index is 316. The van der Waals surface area contributed by atoms with Crippen LogP contribution in [0, 0.1) is 0 Å². The van der Waals surface area contributed by atoms with Crippen molar-refractivity contribution < 1.29 is 4.74 Å². The molecule has 1 unspecified atom stereocenters. The van der Waals surface area contributed by atoms with E-state index >= 15 is 0 Å². The van der Waals surface area contributed by atoms with Crippen molar-refractivity contribution in [2.75, 3.05) is 18.5 Å². The Balaban J connectivity index is 2.31. The molecule has 0 amide bonds. The van der Waals surface area contributed by atoms with Crippen LogP contribution in [-0.4, -0.2) is 19.2 Å². The molecule has 0 saturated carbocycles. The number of anilines is 1. The van der Waals surface area contributed by atoms with Crippen LogP contribution in [0.4, 0.5) is 5.69 Å². The van der Waals surface area contributed by atoms with Gasteiger partial charge in [-0.1, -0.05) is 6.07 Å². The minimum atomic E-state index is 0.224. The van der Waals surface area contributed by atoms with Crippen molar-refractivity contribution in [3.63, 3.8) is 0 Å². The molecule has 0 aromatic heterocycles. The number of hydrogen-bond donors (Lipinski definition) is 2. The van der Waals surface area contributed by atoms with Crippen LogP contribution >= 0.6 is 15.9 Å². The molecule has 0 saturated heterocycles. The number of nitrogens with one attached hydrogen (secondary N) is 1. The van der Waals surface area contributed by atoms with Gasteiger partial charge in [0, 0.05) is 6.54 Å². The molecule has 0 bridgehead atoms. The molecule has 0 fully saturated rings. The number of ether oxygens (including phenoxy) is 1. The Hall–Kier alpha value is -0.740. The predicted octanol–water partition coefficient (Wildman–Crippen LogP) is 1.58. The number of nitrogens with two attached hydrogens (primary N) is 1. The lowest BCUT2D eigenvalue weighted by molar-refractivity contribution is 0.285. The zero-order valence-electron chi connectivity index (χ0n) is 7.09. The third-order valence-corrected chi connectivity index (χ3v) is 2.66. The first kappa shape index (κ1) is 8.84. The summed E-state index contributed by atoms with van der Waals surface area (Å²) in [6.07, 6.45) is 0. The smallest absolute Gasteiger partial charge is 0.156 e. The molecule has 1 aliphatic heterocycles. The summed E-state index contributed by atoms with van der Waals surface area (Å²) < 4.78 is 6.55. The van der Waals surface area contributed by atoms with Gasteiger partial charge < -0.3 is 15.8 Å². The van der Waals surface area contributed by atoms with Gasteiger partial charge in [0.2, 0.25) is 0 Å². The maximum absolute atomic E-state index is 5.57. The molecule has 13 heavy (non-hydrogen) atoms. The third kappa shape index (κ3) is 1.64. The summed E-state index contributed by atoms with van der Waals surface area (Å²) in [4.78, 5) is 0. The fourth-order valence-corrected chi connectivity index (χ4v) is 1.82. The lowest BCUT2D eigenvalue weighted by Gasteiger charge is -2.27. The molecule has 2 rings (SSSR count). The van der Waals surface area contributed by atoms with Gasteiger partial charge in [0.15, 0.2) is 5.75 Å². The van der Waals surface area contributed by atoms with E-state index in [-0.39, 0.29) is 6.04 Å². The van der Waals surface area contributed by atoms with Gasteiger partial charge in [-0.2, -0.15) is 0 Å². The van der Waals surface area contributed by atoms with Crippen LogP contribution in [-0.2, 0) is 0 Å². The fraction of sp³-hybridized carbons (Fsp3) is 0.333. The summed E-state index contributed by atoms with van der Waals surface area (Å²) in [5, 5.41) is 3.31. The molecule has 0 spiro atoms. The summed E-state index contributed by atoms with van der Waals surface area (Å²) in [5.74, 6) is 0.882. The monoisotopic (exact) mass is 242 g/mol. The van der Waals surface area contributed by atoms with Crippen molar-refractivity contribution in [2.24, 2.45) is 5.73 Å². The van der Waals surface area contributed by atoms with E-state index in [0.29, 0.717) is 13.2 Å². The number of para-hydroxylation sites is 1. The van der Waals surface area contributed by atoms with E-state index in [2.05, 4.69) is 21.2 Å². The third-order valence-electron chi connectivity index (χ3n) is 2.04. The summed E-state index contributed by atoms with van der Waals surface area (Å²) >= 11 is 3.43. The highest BCUT2D eigenvalue weighted by molar-refractivity contribution is 9.10. The lowest BCUT2D eigenvalue weighted by Crippen LogP contribution is -2.37. The molecule has 0 radical (unpaired) electrons. The highest BCUT2D eigenvalue weighted by Gasteiger charge is 2.18. The molecule has 1 atom stereocenters. The topological polar surface area (TPSA) is 47.3 Å². The Morgan fingerprint density at radius 1 is 1.62 bits per heavy atom. The van der Waals surface area contributed by atoms with Gasteiger partial charge in [-0.25, -0.2) is 0 Å². The van der Waals surface area contributed by atoms with Crippen LogP contribution in [0.25, 0.3) is 0 Å². The summed E-state index contributed by atoms with van der Waals surface area (Å²) in [6, 6.07) is 6.14. The summed E-state index contributed by atoms with van der Waals surface area (Å²) in [5.41, 5.74) is 6.55. The van der Waals surface area contributed by atoms with Crippen LogP contribution in [0.15, 0.2) is 22.7 Å². The average molecular weight is 243 g/mol. The zero-order valence-corrected chi connectivity index (χ0v) is 8.67. The van der Waals surface area contributed by atoms with Crippen molar-refractivity contribution in [3.05, 3.63) is 22.7 Å². The Morgan fingerprint density at radius 2 is 2.46 bits per heavy atom. The number of benzene rings is 1. The van der Waals surface area contributed by atoms with Gasteiger partial charge in [0.25, 0.3) is 0 Å². The van der Waals surface area contributed by atoms with Crippen molar-refractivity contribution in [3.8, 4) is 5.75 Å². The second-order valence-electron chi connectivity index (χ2n) is 3.00. The van der Waals surface area contributed by atoms with E-state index in [1.165, 1.54) is 0 Å². The van der Waals surface area contributed by atoms with Crippen molar-refractivity contribution >= 4 is 21.6 Å². The average Bonchev–Trinajstić information content (AvgIpc) is 2.18. The minimum absolute atomic E-state index is 0.224. The van der Waals surface area contributed by atoms with Crippen molar-refractivity contribution in [1.29, 1.82) is 0 Å². The standard InChI is InChI=1S/C9H11BrN2O/c10-7-2-1-3-8-9(7)13-5-6(4-11)12-8/h1-3,6,12H,4-5,11H2. The van der Waals surface area contributed by atoms with Crippen LogP contribution in [0.3, 0.4) is 0 Å². The van der Waals surface area contributed by atoms with E-state index < -0.39 is 0 Å². The predicted molar refractivity (Wildman–Crippen MR) is 56.1 cm³/mol. The van der Waals surface area contributed by atoms with Gasteiger partial charge in [-0.15, -0.1) is 0 Å². The van der Waals surface area contributed by atoms with Gasteiger partial charge >= 0.3 is 0 Å². The lowest BCUT2D eigenvalue weighted by atomic mass is 10.2. The number of halogens is 1. The van der Waals surface area contributed by atoms with Crippen LogP contribution in [0.1, 0.15) is 0 Å². The van der Waals surface area contributed by atoms with E-state index in [1.807, 2.05) is 18.2 Å². The molecular formula is C9H11BrN2O. The normalized spacial score (nSPS) is 20.0. The number of fused-ring (bicyclic) bond motifs is 1. The van der Waals surface area contributed by atoms with Crippen LogP contribution in [0.5, 0.6) is 5.75 Å².